The van der Waals surface area contributed by atoms with Crippen LogP contribution in [-0.2, 0) is 11.3 Å². The number of carbonyl (C=O) groups is 1. The van der Waals surface area contributed by atoms with E-state index in [2.05, 4.69) is 25.3 Å². The quantitative estimate of drug-likeness (QED) is 0.437. The predicted molar refractivity (Wildman–Crippen MR) is 115 cm³/mol. The Morgan fingerprint density at radius 3 is 2.64 bits per heavy atom. The molecule has 0 aliphatic rings. The molecule has 1 atom stereocenters. The van der Waals surface area contributed by atoms with Gasteiger partial charge in [0.05, 0.1) is 36.2 Å². The predicted octanol–water partition coefficient (Wildman–Crippen LogP) is 3.28. The highest BCUT2D eigenvalue weighted by Gasteiger charge is 2.16. The molecule has 1 unspecified atom stereocenters. The van der Waals surface area contributed by atoms with Crippen LogP contribution in [0.25, 0.3) is 22.6 Å². The van der Waals surface area contributed by atoms with E-state index in [1.54, 1.807) is 31.3 Å². The van der Waals surface area contributed by atoms with Gasteiger partial charge in [0, 0.05) is 17.2 Å². The molecule has 9 nitrogen and oxygen atoms in total. The Bertz CT molecular complexity index is 1330. The number of nitrogens with zero attached hydrogens (tertiary/aromatic N) is 6. The number of halogens is 2. The zero-order valence-electron chi connectivity index (χ0n) is 17.5. The summed E-state index contributed by atoms with van der Waals surface area (Å²) in [5.41, 5.74) is 7.85. The molecule has 4 rings (SSSR count). The van der Waals surface area contributed by atoms with Gasteiger partial charge in [0.25, 0.3) is 0 Å². The molecular weight excluding hydrogens is 432 g/mol. The highest BCUT2D eigenvalue weighted by Crippen LogP contribution is 2.26. The Balaban J connectivity index is 1.59. The number of carboxylic acids is 1. The summed E-state index contributed by atoms with van der Waals surface area (Å²) in [7, 11) is 0. The lowest BCUT2D eigenvalue weighted by atomic mass is 10.0. The first-order chi connectivity index (χ1) is 15.8. The second kappa shape index (κ2) is 9.07. The minimum atomic E-state index is -1.03. The Morgan fingerprint density at radius 2 is 1.85 bits per heavy atom. The van der Waals surface area contributed by atoms with Crippen molar-refractivity contribution < 1.29 is 18.7 Å². The fraction of sp³-hybridized carbons (Fsp3) is 0.182. The summed E-state index contributed by atoms with van der Waals surface area (Å²) in [6.45, 7) is 2.08. The second-order valence-electron chi connectivity index (χ2n) is 7.45. The van der Waals surface area contributed by atoms with Crippen LogP contribution in [-0.4, -0.2) is 41.0 Å². The summed E-state index contributed by atoms with van der Waals surface area (Å²) in [4.78, 5) is 23.6. The van der Waals surface area contributed by atoms with Gasteiger partial charge in [0.15, 0.2) is 11.6 Å². The highest BCUT2D eigenvalue weighted by atomic mass is 19.2. The molecule has 0 fully saturated rings. The van der Waals surface area contributed by atoms with Gasteiger partial charge < -0.3 is 10.8 Å². The van der Waals surface area contributed by atoms with Crippen molar-refractivity contribution in [2.45, 2.75) is 25.8 Å². The van der Waals surface area contributed by atoms with Crippen LogP contribution in [0, 0.1) is 11.6 Å². The van der Waals surface area contributed by atoms with Gasteiger partial charge in [0.2, 0.25) is 5.95 Å². The Kier molecular flexibility index (Phi) is 6.03. The van der Waals surface area contributed by atoms with Crippen molar-refractivity contribution in [3.8, 4) is 22.6 Å². The number of benzene rings is 1. The average molecular weight is 451 g/mol. The molecule has 33 heavy (non-hydrogen) atoms. The average Bonchev–Trinajstić information content (AvgIpc) is 3.23. The maximum atomic E-state index is 14.2. The molecule has 0 saturated carbocycles. The monoisotopic (exact) mass is 451 g/mol. The van der Waals surface area contributed by atoms with E-state index >= 15 is 0 Å². The third kappa shape index (κ3) is 4.97. The number of aliphatic carboxylic acids is 1. The third-order valence-electron chi connectivity index (χ3n) is 4.91. The first kappa shape index (κ1) is 21.9. The molecule has 0 aliphatic carbocycles. The summed E-state index contributed by atoms with van der Waals surface area (Å²) in [5.74, 6) is -3.28. The van der Waals surface area contributed by atoms with E-state index in [0.29, 0.717) is 22.8 Å². The van der Waals surface area contributed by atoms with Crippen LogP contribution in [0.4, 0.5) is 14.7 Å². The van der Waals surface area contributed by atoms with Crippen molar-refractivity contribution in [2.75, 3.05) is 5.73 Å². The van der Waals surface area contributed by atoms with E-state index in [9.17, 15) is 13.6 Å². The van der Waals surface area contributed by atoms with Crippen molar-refractivity contribution in [3.05, 3.63) is 71.7 Å². The number of anilines is 1. The molecule has 0 spiro atoms. The molecular formula is C22H19F2N7O2. The molecule has 3 aromatic heterocycles. The lowest BCUT2D eigenvalue weighted by Crippen LogP contribution is -2.08. The smallest absolute Gasteiger partial charge is 0.304 e. The second-order valence-corrected chi connectivity index (χ2v) is 7.45. The van der Waals surface area contributed by atoms with Crippen molar-refractivity contribution in [1.29, 1.82) is 0 Å². The van der Waals surface area contributed by atoms with E-state index in [1.165, 1.54) is 22.9 Å². The minimum absolute atomic E-state index is 0.0205. The summed E-state index contributed by atoms with van der Waals surface area (Å²) in [6.07, 6.45) is 1.59. The van der Waals surface area contributed by atoms with E-state index < -0.39 is 17.6 Å². The van der Waals surface area contributed by atoms with Gasteiger partial charge in [-0.25, -0.2) is 23.4 Å². The zero-order valence-corrected chi connectivity index (χ0v) is 17.5. The lowest BCUT2D eigenvalue weighted by Gasteiger charge is -2.09. The standard InChI is InChI=1S/C22H19F2N7O2/c1-12(8-20(32)33)16-7-2-4-13(26-16)10-31-11-19(29-30-31)18-9-17(27-22(25)28-18)14-5-3-6-15(23)21(14)24/h2-7,9,11-12H,8,10H2,1H3,(H,32,33)(H2,25,27,28). The zero-order chi connectivity index (χ0) is 23.5. The largest absolute Gasteiger partial charge is 0.481 e. The number of nitrogen functional groups attached to an aromatic ring is 1. The van der Waals surface area contributed by atoms with E-state index in [0.717, 1.165) is 6.07 Å². The van der Waals surface area contributed by atoms with Crippen molar-refractivity contribution in [3.63, 3.8) is 0 Å². The van der Waals surface area contributed by atoms with Crippen molar-refractivity contribution in [1.82, 2.24) is 29.9 Å². The molecule has 0 amide bonds. The number of hydrogen-bond acceptors (Lipinski definition) is 7. The summed E-state index contributed by atoms with van der Waals surface area (Å²) < 4.78 is 29.4. The van der Waals surface area contributed by atoms with Gasteiger partial charge in [-0.2, -0.15) is 0 Å². The number of hydrogen-bond donors (Lipinski definition) is 2. The number of carboxylic acid groups (broad SMARTS) is 1. The van der Waals surface area contributed by atoms with Crippen LogP contribution >= 0.6 is 0 Å². The van der Waals surface area contributed by atoms with Gasteiger partial charge in [-0.15, -0.1) is 5.10 Å². The Hall–Kier alpha value is -4.28. The molecule has 1 aromatic carbocycles. The first-order valence-corrected chi connectivity index (χ1v) is 9.97. The summed E-state index contributed by atoms with van der Waals surface area (Å²) in [5, 5.41) is 17.2. The van der Waals surface area contributed by atoms with Crippen LogP contribution in [0.5, 0.6) is 0 Å². The van der Waals surface area contributed by atoms with Gasteiger partial charge >= 0.3 is 5.97 Å². The molecule has 3 heterocycles. The molecule has 0 saturated heterocycles. The Morgan fingerprint density at radius 1 is 1.09 bits per heavy atom. The third-order valence-corrected chi connectivity index (χ3v) is 4.91. The maximum absolute atomic E-state index is 14.2. The fourth-order valence-electron chi connectivity index (χ4n) is 3.32. The van der Waals surface area contributed by atoms with Crippen molar-refractivity contribution >= 4 is 11.9 Å². The Labute approximate surface area is 187 Å². The van der Waals surface area contributed by atoms with E-state index in [4.69, 9.17) is 10.8 Å². The summed E-state index contributed by atoms with van der Waals surface area (Å²) >= 11 is 0. The van der Waals surface area contributed by atoms with Crippen LogP contribution in [0.1, 0.15) is 30.7 Å². The SMILES string of the molecule is CC(CC(=O)O)c1cccc(Cn2cc(-c3cc(-c4cccc(F)c4F)nc(N)n3)nn2)n1. The topological polar surface area (TPSA) is 133 Å². The number of rotatable bonds is 7. The fourth-order valence-corrected chi connectivity index (χ4v) is 3.32. The minimum Gasteiger partial charge on any atom is -0.481 e. The molecule has 11 heteroatoms. The van der Waals surface area contributed by atoms with E-state index in [1.807, 2.05) is 0 Å². The molecule has 0 bridgehead atoms. The van der Waals surface area contributed by atoms with E-state index in [-0.39, 0.29) is 36.1 Å². The van der Waals surface area contributed by atoms with Crippen LogP contribution in [0.3, 0.4) is 0 Å². The molecule has 0 aliphatic heterocycles. The maximum Gasteiger partial charge on any atom is 0.304 e. The summed E-state index contributed by atoms with van der Waals surface area (Å²) in [6, 6.07) is 10.6. The first-order valence-electron chi connectivity index (χ1n) is 9.97. The normalized spacial score (nSPS) is 12.0. The number of nitrogens with two attached hydrogens (primary N) is 1. The van der Waals surface area contributed by atoms with Gasteiger partial charge in [-0.1, -0.05) is 24.3 Å². The van der Waals surface area contributed by atoms with Crippen LogP contribution < -0.4 is 5.73 Å². The van der Waals surface area contributed by atoms with Gasteiger partial charge in [-0.3, -0.25) is 9.78 Å². The van der Waals surface area contributed by atoms with Gasteiger partial charge in [0.1, 0.15) is 5.69 Å². The highest BCUT2D eigenvalue weighted by molar-refractivity contribution is 5.68. The molecule has 4 aromatic rings. The molecule has 168 valence electrons. The van der Waals surface area contributed by atoms with Gasteiger partial charge in [-0.05, 0) is 30.3 Å². The molecule has 0 radical (unpaired) electrons. The van der Waals surface area contributed by atoms with Crippen LogP contribution in [0.2, 0.25) is 0 Å². The van der Waals surface area contributed by atoms with Crippen molar-refractivity contribution in [2.24, 2.45) is 0 Å². The molecule has 3 N–H and O–H groups in total. The number of pyridine rings is 1. The number of aromatic nitrogens is 6. The van der Waals surface area contributed by atoms with Crippen LogP contribution in [0.15, 0.2) is 48.7 Å². The lowest BCUT2D eigenvalue weighted by molar-refractivity contribution is -0.137.